The fraction of sp³-hybridized carbons (Fsp3) is 0. The van der Waals surface area contributed by atoms with E-state index in [0.29, 0.717) is 0 Å². The summed E-state index contributed by atoms with van der Waals surface area (Å²) in [7, 11) is 0. The van der Waals surface area contributed by atoms with Crippen LogP contribution >= 0.6 is 24.8 Å². The first-order valence-corrected chi connectivity index (χ1v) is 8.50. The Morgan fingerprint density at radius 2 is 1.32 bits per heavy atom. The van der Waals surface area contributed by atoms with Gasteiger partial charge in [-0.15, -0.1) is 30.9 Å². The van der Waals surface area contributed by atoms with Crippen molar-refractivity contribution in [1.29, 1.82) is 0 Å². The molecule has 0 saturated carbocycles. The quantitative estimate of drug-likeness (QED) is 0.261. The maximum absolute atomic E-state index is 4.68. The van der Waals surface area contributed by atoms with Crippen LogP contribution in [0.5, 0.6) is 0 Å². The first-order valence-electron chi connectivity index (χ1n) is 8.50. The number of nitrogens with zero attached hydrogens (tertiary/aromatic N) is 1. The molecule has 4 heteroatoms. The van der Waals surface area contributed by atoms with Crippen LogP contribution in [-0.4, -0.2) is 4.98 Å². The van der Waals surface area contributed by atoms with Crippen molar-refractivity contribution in [2.45, 2.75) is 0 Å². The van der Waals surface area contributed by atoms with Gasteiger partial charge >= 0.3 is 0 Å². The molecule has 0 aliphatic heterocycles. The number of benzene rings is 3. The average molecular weight is 443 g/mol. The van der Waals surface area contributed by atoms with Gasteiger partial charge in [-0.2, -0.15) is 0 Å². The van der Waals surface area contributed by atoms with Crippen LogP contribution in [0.25, 0.3) is 43.9 Å². The monoisotopic (exact) mass is 442 g/mol. The number of fused-ring (bicyclic) bond motifs is 2. The van der Waals surface area contributed by atoms with Gasteiger partial charge in [0.1, 0.15) is 0 Å². The van der Waals surface area contributed by atoms with Gasteiger partial charge in [0.05, 0.1) is 0 Å². The van der Waals surface area contributed by atoms with Crippen molar-refractivity contribution in [2.24, 2.45) is 0 Å². The zero-order chi connectivity index (χ0) is 16.6. The summed E-state index contributed by atoms with van der Waals surface area (Å²) in [6.07, 6.45) is 1.87. The van der Waals surface area contributed by atoms with Gasteiger partial charge in [-0.3, -0.25) is 4.98 Å². The SMILES string of the molecule is Cl.Cl.[Cr].c1ccc(-c2cc3ccccc3[c-]2-c2cccc3cccnc23)cc1. The fourth-order valence-corrected chi connectivity index (χ4v) is 3.66. The second-order valence-corrected chi connectivity index (χ2v) is 6.27. The summed E-state index contributed by atoms with van der Waals surface area (Å²) >= 11 is 0. The van der Waals surface area contributed by atoms with Crippen LogP contribution in [0.15, 0.2) is 97.2 Å². The van der Waals surface area contributed by atoms with Crippen LogP contribution in [0.4, 0.5) is 0 Å². The molecule has 0 N–H and O–H groups in total. The van der Waals surface area contributed by atoms with Crippen LogP contribution < -0.4 is 0 Å². The van der Waals surface area contributed by atoms with Crippen LogP contribution in [-0.2, 0) is 17.4 Å². The van der Waals surface area contributed by atoms with E-state index in [4.69, 9.17) is 0 Å². The Balaban J connectivity index is 0.000000934. The molecular weight excluding hydrogens is 425 g/mol. The van der Waals surface area contributed by atoms with Crippen LogP contribution in [0, 0.1) is 0 Å². The molecule has 140 valence electrons. The molecule has 0 aliphatic carbocycles. The van der Waals surface area contributed by atoms with Crippen molar-refractivity contribution in [2.75, 3.05) is 0 Å². The van der Waals surface area contributed by atoms with Crippen molar-refractivity contribution in [3.8, 4) is 22.3 Å². The molecule has 0 aliphatic rings. The molecule has 0 atom stereocenters. The second kappa shape index (κ2) is 9.33. The molecule has 0 unspecified atom stereocenters. The fourth-order valence-electron chi connectivity index (χ4n) is 3.66. The van der Waals surface area contributed by atoms with E-state index in [1.807, 2.05) is 12.3 Å². The van der Waals surface area contributed by atoms with Crippen molar-refractivity contribution < 1.29 is 17.4 Å². The Kier molecular flexibility index (Phi) is 7.36. The summed E-state index contributed by atoms with van der Waals surface area (Å²) < 4.78 is 0. The zero-order valence-electron chi connectivity index (χ0n) is 14.9. The summed E-state index contributed by atoms with van der Waals surface area (Å²) in [4.78, 5) is 4.68. The first-order chi connectivity index (χ1) is 12.4. The summed E-state index contributed by atoms with van der Waals surface area (Å²) in [6.45, 7) is 0. The Bertz CT molecular complexity index is 1190. The van der Waals surface area contributed by atoms with Gasteiger partial charge in [0, 0.05) is 29.1 Å². The summed E-state index contributed by atoms with van der Waals surface area (Å²) in [5.74, 6) is 0. The van der Waals surface area contributed by atoms with E-state index in [9.17, 15) is 0 Å². The molecule has 0 fully saturated rings. The van der Waals surface area contributed by atoms with Gasteiger partial charge in [0.25, 0.3) is 0 Å². The van der Waals surface area contributed by atoms with Gasteiger partial charge < -0.3 is 0 Å². The van der Waals surface area contributed by atoms with Crippen LogP contribution in [0.3, 0.4) is 0 Å². The topological polar surface area (TPSA) is 12.9 Å². The Morgan fingerprint density at radius 1 is 0.643 bits per heavy atom. The molecule has 0 bridgehead atoms. The third-order valence-corrected chi connectivity index (χ3v) is 4.79. The number of rotatable bonds is 2. The predicted octanol–water partition coefficient (Wildman–Crippen LogP) is 7.28. The molecule has 5 rings (SSSR count). The van der Waals surface area contributed by atoms with E-state index < -0.39 is 0 Å². The molecule has 4 aromatic carbocycles. The van der Waals surface area contributed by atoms with E-state index in [0.717, 1.165) is 5.52 Å². The maximum atomic E-state index is 4.68. The van der Waals surface area contributed by atoms with E-state index >= 15 is 0 Å². The molecule has 1 aromatic heterocycles. The van der Waals surface area contributed by atoms with E-state index in [2.05, 4.69) is 89.9 Å². The largest absolute Gasteiger partial charge is 0.283 e. The smallest absolute Gasteiger partial charge is 0.0315 e. The molecule has 0 saturated heterocycles. The van der Waals surface area contributed by atoms with Crippen molar-refractivity contribution in [3.63, 3.8) is 0 Å². The normalized spacial score (nSPS) is 10.0. The average Bonchev–Trinajstić information content (AvgIpc) is 3.08. The molecular formula is C24H18Cl2CrN-. The van der Waals surface area contributed by atoms with Crippen molar-refractivity contribution >= 4 is 46.5 Å². The van der Waals surface area contributed by atoms with Gasteiger partial charge in [0.15, 0.2) is 0 Å². The number of hydrogen-bond acceptors (Lipinski definition) is 1. The number of hydrogen-bond donors (Lipinski definition) is 0. The van der Waals surface area contributed by atoms with E-state index in [1.165, 1.54) is 38.4 Å². The number of halogens is 2. The van der Waals surface area contributed by atoms with Gasteiger partial charge in [-0.1, -0.05) is 112 Å². The van der Waals surface area contributed by atoms with Crippen LogP contribution in [0.1, 0.15) is 0 Å². The molecule has 1 heterocycles. The molecule has 0 radical (unpaired) electrons. The molecule has 28 heavy (non-hydrogen) atoms. The summed E-state index contributed by atoms with van der Waals surface area (Å²) in [5.41, 5.74) is 6.02. The van der Waals surface area contributed by atoms with E-state index in [1.54, 1.807) is 0 Å². The second-order valence-electron chi connectivity index (χ2n) is 6.27. The zero-order valence-corrected chi connectivity index (χ0v) is 17.8. The van der Waals surface area contributed by atoms with Crippen molar-refractivity contribution in [3.05, 3.63) is 97.2 Å². The Labute approximate surface area is 187 Å². The first kappa shape index (κ1) is 22.1. The minimum absolute atomic E-state index is 0. The molecule has 5 aromatic rings. The minimum Gasteiger partial charge on any atom is -0.283 e. The molecule has 0 amide bonds. The third kappa shape index (κ3) is 3.70. The van der Waals surface area contributed by atoms with Gasteiger partial charge in [0.2, 0.25) is 0 Å². The Hall–Kier alpha value is -2.21. The molecule has 0 spiro atoms. The molecule has 1 nitrogen and oxygen atoms in total. The predicted molar refractivity (Wildman–Crippen MR) is 120 cm³/mol. The number of pyridine rings is 1. The maximum Gasteiger partial charge on any atom is 0.0315 e. The van der Waals surface area contributed by atoms with Crippen LogP contribution in [0.2, 0.25) is 0 Å². The summed E-state index contributed by atoms with van der Waals surface area (Å²) in [5, 5.41) is 3.72. The third-order valence-electron chi connectivity index (χ3n) is 4.79. The number of para-hydroxylation sites is 1. The van der Waals surface area contributed by atoms with Gasteiger partial charge in [-0.05, 0) is 11.5 Å². The minimum atomic E-state index is 0. The van der Waals surface area contributed by atoms with Gasteiger partial charge in [-0.25, -0.2) is 0 Å². The number of aromatic nitrogens is 1. The summed E-state index contributed by atoms with van der Waals surface area (Å²) in [6, 6.07) is 32.0. The van der Waals surface area contributed by atoms with E-state index in [-0.39, 0.29) is 42.2 Å². The standard InChI is InChI=1S/C24H16N.2ClH.Cr/c1-2-8-17(9-3-1)22-16-19-10-4-5-13-20(19)23(22)21-14-6-11-18-12-7-15-25-24(18)21;;;/h1-16H;2*1H;/q-1;;;. The van der Waals surface area contributed by atoms with Crippen molar-refractivity contribution in [1.82, 2.24) is 4.98 Å². The Morgan fingerprint density at radius 3 is 2.14 bits per heavy atom.